The van der Waals surface area contributed by atoms with Gasteiger partial charge >= 0.3 is 6.18 Å². The van der Waals surface area contributed by atoms with Crippen molar-refractivity contribution in [2.45, 2.75) is 19.0 Å². The van der Waals surface area contributed by atoms with E-state index in [1.54, 1.807) is 23.0 Å². The predicted molar refractivity (Wildman–Crippen MR) is 64.6 cm³/mol. The van der Waals surface area contributed by atoms with Crippen LogP contribution in [0.15, 0.2) is 18.6 Å². The molecule has 0 aliphatic rings. The second-order valence-electron chi connectivity index (χ2n) is 3.92. The van der Waals surface area contributed by atoms with Crippen LogP contribution in [-0.2, 0) is 0 Å². The van der Waals surface area contributed by atoms with Gasteiger partial charge in [-0.25, -0.2) is 15.8 Å². The molecule has 0 aromatic carbocycles. The van der Waals surface area contributed by atoms with Crippen LogP contribution in [0.25, 0.3) is 5.65 Å². The van der Waals surface area contributed by atoms with Crippen molar-refractivity contribution in [3.63, 3.8) is 0 Å². The largest absolute Gasteiger partial charge is 0.389 e. The molecule has 6 nitrogen and oxygen atoms in total. The number of hydrogen-bond donors (Lipinski definition) is 3. The van der Waals surface area contributed by atoms with Crippen molar-refractivity contribution in [3.05, 3.63) is 18.6 Å². The Labute approximate surface area is 106 Å². The number of rotatable bonds is 5. The molecule has 0 aliphatic heterocycles. The second kappa shape index (κ2) is 5.31. The number of nitrogens with one attached hydrogen (secondary N) is 2. The maximum atomic E-state index is 12.0. The fourth-order valence-electron chi connectivity index (χ4n) is 1.62. The number of fused-ring (bicyclic) bond motifs is 1. The Hall–Kier alpha value is -2.03. The van der Waals surface area contributed by atoms with Crippen LogP contribution in [0.4, 0.5) is 24.8 Å². The normalized spacial score (nSPS) is 11.8. The monoisotopic (exact) mass is 274 g/mol. The van der Waals surface area contributed by atoms with Gasteiger partial charge < -0.3 is 15.1 Å². The number of nitrogens with two attached hydrogens (primary N) is 1. The van der Waals surface area contributed by atoms with Crippen LogP contribution in [0.5, 0.6) is 0 Å². The summed E-state index contributed by atoms with van der Waals surface area (Å²) < 4.78 is 37.7. The first-order valence-corrected chi connectivity index (χ1v) is 5.60. The van der Waals surface area contributed by atoms with Gasteiger partial charge in [0.05, 0.1) is 6.20 Å². The van der Waals surface area contributed by atoms with Gasteiger partial charge in [0.15, 0.2) is 17.3 Å². The van der Waals surface area contributed by atoms with E-state index in [0.29, 0.717) is 17.3 Å². The van der Waals surface area contributed by atoms with E-state index in [1.165, 1.54) is 0 Å². The molecule has 0 saturated carbocycles. The number of alkyl halides is 3. The molecule has 2 aromatic heterocycles. The van der Waals surface area contributed by atoms with E-state index in [1.807, 2.05) is 0 Å². The summed E-state index contributed by atoms with van der Waals surface area (Å²) in [7, 11) is 0. The van der Waals surface area contributed by atoms with Crippen LogP contribution in [0.1, 0.15) is 12.8 Å². The summed E-state index contributed by atoms with van der Waals surface area (Å²) in [5.41, 5.74) is 2.92. The Morgan fingerprint density at radius 1 is 1.37 bits per heavy atom. The number of imidazole rings is 1. The number of aromatic nitrogens is 3. The zero-order chi connectivity index (χ0) is 13.9. The van der Waals surface area contributed by atoms with Gasteiger partial charge in [-0.2, -0.15) is 13.2 Å². The van der Waals surface area contributed by atoms with Gasteiger partial charge in [-0.1, -0.05) is 0 Å². The summed E-state index contributed by atoms with van der Waals surface area (Å²) in [6.45, 7) is 0.156. The summed E-state index contributed by atoms with van der Waals surface area (Å²) in [4.78, 5) is 8.18. The van der Waals surface area contributed by atoms with E-state index in [2.05, 4.69) is 20.7 Å². The highest BCUT2D eigenvalue weighted by Gasteiger charge is 2.25. The highest BCUT2D eigenvalue weighted by molar-refractivity contribution is 5.65. The molecule has 0 spiro atoms. The van der Waals surface area contributed by atoms with Gasteiger partial charge in [0, 0.05) is 25.4 Å². The molecule has 2 heterocycles. The van der Waals surface area contributed by atoms with Gasteiger partial charge in [0.1, 0.15) is 0 Å². The minimum atomic E-state index is -4.14. The number of hydrogen-bond acceptors (Lipinski definition) is 5. The molecule has 104 valence electrons. The lowest BCUT2D eigenvalue weighted by Crippen LogP contribution is -2.14. The number of nitrogen functional groups attached to an aromatic ring is 1. The highest BCUT2D eigenvalue weighted by atomic mass is 19.4. The third-order valence-corrected chi connectivity index (χ3v) is 2.45. The van der Waals surface area contributed by atoms with E-state index in [9.17, 15) is 13.2 Å². The molecule has 0 aliphatic carbocycles. The third kappa shape index (κ3) is 3.47. The fourth-order valence-corrected chi connectivity index (χ4v) is 1.62. The molecule has 19 heavy (non-hydrogen) atoms. The highest BCUT2D eigenvalue weighted by Crippen LogP contribution is 2.21. The lowest BCUT2D eigenvalue weighted by atomic mass is 10.3. The molecule has 2 aromatic rings. The topological polar surface area (TPSA) is 80.3 Å². The van der Waals surface area contributed by atoms with Crippen molar-refractivity contribution in [2.24, 2.45) is 5.84 Å². The summed E-state index contributed by atoms with van der Waals surface area (Å²) >= 11 is 0. The summed E-state index contributed by atoms with van der Waals surface area (Å²) in [6.07, 6.45) is -0.115. The average molecular weight is 274 g/mol. The van der Waals surface area contributed by atoms with Gasteiger partial charge in [0.2, 0.25) is 0 Å². The Kier molecular flexibility index (Phi) is 3.74. The van der Waals surface area contributed by atoms with Gasteiger partial charge in [-0.05, 0) is 6.42 Å². The van der Waals surface area contributed by atoms with E-state index in [0.717, 1.165) is 0 Å². The van der Waals surface area contributed by atoms with Crippen molar-refractivity contribution in [1.82, 2.24) is 14.4 Å². The van der Waals surface area contributed by atoms with Crippen LogP contribution in [0.2, 0.25) is 0 Å². The molecule has 0 atom stereocenters. The van der Waals surface area contributed by atoms with Crippen molar-refractivity contribution >= 4 is 17.3 Å². The minimum Gasteiger partial charge on any atom is -0.367 e. The van der Waals surface area contributed by atoms with Crippen LogP contribution in [0, 0.1) is 0 Å². The molecule has 0 fully saturated rings. The Balaban J connectivity index is 2.05. The van der Waals surface area contributed by atoms with Crippen LogP contribution in [0.3, 0.4) is 0 Å². The molecule has 9 heteroatoms. The second-order valence-corrected chi connectivity index (χ2v) is 3.92. The molecular weight excluding hydrogens is 261 g/mol. The molecular formula is C10H13F3N6. The lowest BCUT2D eigenvalue weighted by molar-refractivity contribution is -0.134. The summed E-state index contributed by atoms with van der Waals surface area (Å²) in [5, 5.41) is 2.83. The first-order valence-electron chi connectivity index (χ1n) is 5.60. The number of anilines is 2. The SMILES string of the molecule is NNc1cn2ccnc2c(NCCCC(F)(F)F)n1. The van der Waals surface area contributed by atoms with E-state index in [4.69, 9.17) is 5.84 Å². The smallest absolute Gasteiger partial charge is 0.367 e. The number of halogens is 3. The average Bonchev–Trinajstić information content (AvgIpc) is 2.81. The van der Waals surface area contributed by atoms with E-state index < -0.39 is 12.6 Å². The molecule has 0 amide bonds. The van der Waals surface area contributed by atoms with Gasteiger partial charge in [-0.3, -0.25) is 0 Å². The molecule has 2 rings (SSSR count). The van der Waals surface area contributed by atoms with Crippen LogP contribution < -0.4 is 16.6 Å². The Morgan fingerprint density at radius 2 is 2.16 bits per heavy atom. The first kappa shape index (κ1) is 13.4. The maximum absolute atomic E-state index is 12.0. The molecule has 0 radical (unpaired) electrons. The number of hydrazine groups is 1. The van der Waals surface area contributed by atoms with Crippen LogP contribution >= 0.6 is 0 Å². The molecule has 4 N–H and O–H groups in total. The summed E-state index contributed by atoms with van der Waals surface area (Å²) in [5.74, 6) is 6.05. The van der Waals surface area contributed by atoms with Gasteiger partial charge in [0.25, 0.3) is 0 Å². The van der Waals surface area contributed by atoms with Crippen molar-refractivity contribution < 1.29 is 13.2 Å². The number of nitrogens with zero attached hydrogens (tertiary/aromatic N) is 3. The predicted octanol–water partition coefficient (Wildman–Crippen LogP) is 1.77. The van der Waals surface area contributed by atoms with E-state index in [-0.39, 0.29) is 13.0 Å². The first-order chi connectivity index (χ1) is 8.99. The van der Waals surface area contributed by atoms with Crippen LogP contribution in [-0.4, -0.2) is 27.1 Å². The zero-order valence-corrected chi connectivity index (χ0v) is 9.91. The lowest BCUT2D eigenvalue weighted by Gasteiger charge is -2.10. The summed E-state index contributed by atoms with van der Waals surface area (Å²) in [6, 6.07) is 0. The molecule has 0 saturated heterocycles. The minimum absolute atomic E-state index is 0.0294. The third-order valence-electron chi connectivity index (χ3n) is 2.45. The Bertz CT molecular complexity index is 550. The quantitative estimate of drug-likeness (QED) is 0.440. The molecule has 0 unspecified atom stereocenters. The van der Waals surface area contributed by atoms with Crippen molar-refractivity contribution in [1.29, 1.82) is 0 Å². The van der Waals surface area contributed by atoms with E-state index >= 15 is 0 Å². The maximum Gasteiger partial charge on any atom is 0.389 e. The van der Waals surface area contributed by atoms with Crippen molar-refractivity contribution in [3.8, 4) is 0 Å². The van der Waals surface area contributed by atoms with Gasteiger partial charge in [-0.15, -0.1) is 0 Å². The Morgan fingerprint density at radius 3 is 2.84 bits per heavy atom. The standard InChI is InChI=1S/C10H13F3N6/c11-10(12,13)2-1-3-15-8-9-16-4-5-19(9)6-7(17-8)18-14/h4-6,18H,1-3,14H2,(H,15,17). The van der Waals surface area contributed by atoms with Crippen molar-refractivity contribution in [2.75, 3.05) is 17.3 Å². The zero-order valence-electron chi connectivity index (χ0n) is 9.91. The fraction of sp³-hybridized carbons (Fsp3) is 0.400. The molecule has 0 bridgehead atoms.